The van der Waals surface area contributed by atoms with Gasteiger partial charge in [-0.2, -0.15) is 0 Å². The minimum absolute atomic E-state index is 0.271. The number of nitrogens with zero attached hydrogens (tertiary/aromatic N) is 2. The number of nitrogens with two attached hydrogens (primary N) is 1. The highest BCUT2D eigenvalue weighted by molar-refractivity contribution is 4.92. The summed E-state index contributed by atoms with van der Waals surface area (Å²) in [7, 11) is 0. The van der Waals surface area contributed by atoms with Crippen molar-refractivity contribution in [3.63, 3.8) is 0 Å². The van der Waals surface area contributed by atoms with E-state index in [9.17, 15) is 10.1 Å². The molecule has 2 N–H and O–H groups in total. The molecule has 0 spiro atoms. The lowest BCUT2D eigenvalue weighted by molar-refractivity contribution is -0.404. The first-order valence-corrected chi connectivity index (χ1v) is 3.56. The van der Waals surface area contributed by atoms with Crippen LogP contribution in [0.4, 0.5) is 0 Å². The standard InChI is InChI=1S/C6H11N3O2/c7-6(5-9(10)11)8-3-1-2-4-8/h5H,1-4,7H2/b6-5+. The Kier molecular flexibility index (Phi) is 2.30. The molecule has 1 aliphatic heterocycles. The molecule has 0 radical (unpaired) electrons. The van der Waals surface area contributed by atoms with Crippen molar-refractivity contribution < 1.29 is 4.92 Å². The van der Waals surface area contributed by atoms with Crippen LogP contribution in [0.3, 0.4) is 0 Å². The Labute approximate surface area is 64.6 Å². The van der Waals surface area contributed by atoms with Gasteiger partial charge in [-0.15, -0.1) is 0 Å². The smallest absolute Gasteiger partial charge is 0.274 e. The number of nitro groups is 1. The minimum atomic E-state index is -0.520. The molecule has 1 aliphatic rings. The second-order valence-corrected chi connectivity index (χ2v) is 2.53. The molecular formula is C6H11N3O2. The summed E-state index contributed by atoms with van der Waals surface area (Å²) in [6.45, 7) is 1.69. The Morgan fingerprint density at radius 1 is 1.55 bits per heavy atom. The number of hydrogen-bond acceptors (Lipinski definition) is 4. The van der Waals surface area contributed by atoms with E-state index in [0.717, 1.165) is 32.1 Å². The molecule has 5 nitrogen and oxygen atoms in total. The van der Waals surface area contributed by atoms with E-state index in [-0.39, 0.29) is 5.82 Å². The van der Waals surface area contributed by atoms with Gasteiger partial charge in [-0.1, -0.05) is 0 Å². The van der Waals surface area contributed by atoms with Gasteiger partial charge in [-0.05, 0) is 12.8 Å². The molecule has 0 aromatic heterocycles. The van der Waals surface area contributed by atoms with Crippen LogP contribution in [0, 0.1) is 10.1 Å². The Balaban J connectivity index is 2.51. The van der Waals surface area contributed by atoms with Crippen LogP contribution in [-0.4, -0.2) is 22.9 Å². The summed E-state index contributed by atoms with van der Waals surface area (Å²) in [5, 5.41) is 9.99. The van der Waals surface area contributed by atoms with Crippen molar-refractivity contribution in [1.82, 2.24) is 4.90 Å². The minimum Gasteiger partial charge on any atom is -0.380 e. The van der Waals surface area contributed by atoms with Gasteiger partial charge in [0.2, 0.25) is 0 Å². The molecule has 0 unspecified atom stereocenters. The highest BCUT2D eigenvalue weighted by atomic mass is 16.6. The Bertz CT molecular complexity index is 184. The highest BCUT2D eigenvalue weighted by Crippen LogP contribution is 2.10. The molecule has 1 heterocycles. The molecule has 0 bridgehead atoms. The zero-order valence-electron chi connectivity index (χ0n) is 6.19. The van der Waals surface area contributed by atoms with Crippen LogP contribution in [0.1, 0.15) is 12.8 Å². The first kappa shape index (κ1) is 7.84. The summed E-state index contributed by atoms with van der Waals surface area (Å²) in [5.41, 5.74) is 5.43. The van der Waals surface area contributed by atoms with Gasteiger partial charge in [0.05, 0.1) is 4.92 Å². The van der Waals surface area contributed by atoms with Gasteiger partial charge in [-0.3, -0.25) is 10.1 Å². The normalized spacial score (nSPS) is 18.9. The molecule has 1 fully saturated rings. The largest absolute Gasteiger partial charge is 0.380 e. The van der Waals surface area contributed by atoms with Gasteiger partial charge in [0.15, 0.2) is 5.82 Å². The van der Waals surface area contributed by atoms with Crippen LogP contribution in [0.2, 0.25) is 0 Å². The monoisotopic (exact) mass is 157 g/mol. The Morgan fingerprint density at radius 3 is 2.55 bits per heavy atom. The third-order valence-electron chi connectivity index (χ3n) is 1.71. The van der Waals surface area contributed by atoms with E-state index in [1.807, 2.05) is 4.90 Å². The van der Waals surface area contributed by atoms with Crippen LogP contribution in [0.5, 0.6) is 0 Å². The molecule has 0 aromatic carbocycles. The molecule has 0 saturated carbocycles. The maximum absolute atomic E-state index is 9.99. The summed E-state index contributed by atoms with van der Waals surface area (Å²) in [6.07, 6.45) is 3.00. The zero-order chi connectivity index (χ0) is 8.27. The third-order valence-corrected chi connectivity index (χ3v) is 1.71. The summed E-state index contributed by atoms with van der Waals surface area (Å²) < 4.78 is 0. The molecular weight excluding hydrogens is 146 g/mol. The average molecular weight is 157 g/mol. The lowest BCUT2D eigenvalue weighted by Gasteiger charge is -2.14. The van der Waals surface area contributed by atoms with Gasteiger partial charge < -0.3 is 10.6 Å². The van der Waals surface area contributed by atoms with E-state index < -0.39 is 4.92 Å². The predicted molar refractivity (Wildman–Crippen MR) is 40.1 cm³/mol. The maximum atomic E-state index is 9.99. The Hall–Kier alpha value is -1.26. The Morgan fingerprint density at radius 2 is 2.09 bits per heavy atom. The fourth-order valence-corrected chi connectivity index (χ4v) is 1.16. The van der Waals surface area contributed by atoms with E-state index in [4.69, 9.17) is 5.73 Å². The molecule has 0 atom stereocenters. The van der Waals surface area contributed by atoms with Gasteiger partial charge in [0.25, 0.3) is 6.20 Å². The van der Waals surface area contributed by atoms with Crippen LogP contribution < -0.4 is 5.73 Å². The van der Waals surface area contributed by atoms with Crippen molar-refractivity contribution in [2.24, 2.45) is 5.73 Å². The molecule has 0 aromatic rings. The fraction of sp³-hybridized carbons (Fsp3) is 0.667. The predicted octanol–water partition coefficient (Wildman–Crippen LogP) is 0.116. The maximum Gasteiger partial charge on any atom is 0.274 e. The van der Waals surface area contributed by atoms with E-state index in [2.05, 4.69) is 0 Å². The van der Waals surface area contributed by atoms with Crippen molar-refractivity contribution in [2.75, 3.05) is 13.1 Å². The second-order valence-electron chi connectivity index (χ2n) is 2.53. The van der Waals surface area contributed by atoms with Gasteiger partial charge in [0.1, 0.15) is 0 Å². The van der Waals surface area contributed by atoms with Crippen molar-refractivity contribution in [3.8, 4) is 0 Å². The lowest BCUT2D eigenvalue weighted by Crippen LogP contribution is -2.25. The molecule has 1 saturated heterocycles. The quantitative estimate of drug-likeness (QED) is 0.456. The van der Waals surface area contributed by atoms with Crippen LogP contribution in [0.15, 0.2) is 12.0 Å². The molecule has 0 amide bonds. The van der Waals surface area contributed by atoms with Crippen LogP contribution in [0.25, 0.3) is 0 Å². The molecule has 0 aliphatic carbocycles. The van der Waals surface area contributed by atoms with Gasteiger partial charge in [-0.25, -0.2) is 0 Å². The van der Waals surface area contributed by atoms with Crippen LogP contribution >= 0.6 is 0 Å². The van der Waals surface area contributed by atoms with Crippen molar-refractivity contribution in [3.05, 3.63) is 22.1 Å². The summed E-state index contributed by atoms with van der Waals surface area (Å²) in [4.78, 5) is 11.3. The van der Waals surface area contributed by atoms with Gasteiger partial charge >= 0.3 is 0 Å². The van der Waals surface area contributed by atoms with Gasteiger partial charge in [0, 0.05) is 13.1 Å². The third kappa shape index (κ3) is 2.10. The lowest BCUT2D eigenvalue weighted by atomic mass is 10.4. The topological polar surface area (TPSA) is 72.4 Å². The fourth-order valence-electron chi connectivity index (χ4n) is 1.16. The first-order valence-electron chi connectivity index (χ1n) is 3.56. The summed E-state index contributed by atoms with van der Waals surface area (Å²) >= 11 is 0. The van der Waals surface area contributed by atoms with Crippen LogP contribution in [-0.2, 0) is 0 Å². The SMILES string of the molecule is N/C(=C\[N+](=O)[O-])N1CCCC1. The number of likely N-dealkylation sites (tertiary alicyclic amines) is 1. The summed E-state index contributed by atoms with van der Waals surface area (Å²) in [5.74, 6) is 0.271. The van der Waals surface area contributed by atoms with E-state index in [1.165, 1.54) is 0 Å². The van der Waals surface area contributed by atoms with Crippen molar-refractivity contribution in [1.29, 1.82) is 0 Å². The van der Waals surface area contributed by atoms with E-state index in [1.54, 1.807) is 0 Å². The van der Waals surface area contributed by atoms with Crippen molar-refractivity contribution >= 4 is 0 Å². The molecule has 62 valence electrons. The average Bonchev–Trinajstić information content (AvgIpc) is 2.35. The first-order chi connectivity index (χ1) is 5.20. The highest BCUT2D eigenvalue weighted by Gasteiger charge is 2.14. The van der Waals surface area contributed by atoms with E-state index >= 15 is 0 Å². The number of hydrogen-bond donors (Lipinski definition) is 1. The van der Waals surface area contributed by atoms with E-state index in [0.29, 0.717) is 0 Å². The number of rotatable bonds is 2. The zero-order valence-corrected chi connectivity index (χ0v) is 6.19. The summed E-state index contributed by atoms with van der Waals surface area (Å²) in [6, 6.07) is 0. The van der Waals surface area contributed by atoms with Crippen molar-refractivity contribution in [2.45, 2.75) is 12.8 Å². The second kappa shape index (κ2) is 3.23. The molecule has 5 heteroatoms. The molecule has 1 rings (SSSR count). The molecule has 11 heavy (non-hydrogen) atoms.